The Morgan fingerprint density at radius 3 is 1.72 bits per heavy atom. The zero-order chi connectivity index (χ0) is 47.1. The molecular weight excluding hydrogens is 862 g/mol. The Hall–Kier alpha value is -8.05. The van der Waals surface area contributed by atoms with Crippen LogP contribution in [0, 0.1) is 18.4 Å². The monoisotopic (exact) mass is 909 g/mol. The van der Waals surface area contributed by atoms with Crippen molar-refractivity contribution in [3.8, 4) is 23.8 Å². The van der Waals surface area contributed by atoms with E-state index in [2.05, 4.69) is 21.2 Å². The topological polar surface area (TPSA) is 128 Å². The van der Waals surface area contributed by atoms with E-state index in [1.807, 2.05) is 170 Å². The molecule has 1 saturated heterocycles. The van der Waals surface area contributed by atoms with Gasteiger partial charge in [0.05, 0.1) is 27.2 Å². The summed E-state index contributed by atoms with van der Waals surface area (Å²) in [6.45, 7) is 1.29. The Bertz CT molecular complexity index is 2930. The molecule has 0 radical (unpaired) electrons. The van der Waals surface area contributed by atoms with Crippen molar-refractivity contribution in [2.75, 3.05) is 32.8 Å². The molecule has 1 aliphatic rings. The van der Waals surface area contributed by atoms with Gasteiger partial charge in [0.1, 0.15) is 41.6 Å². The van der Waals surface area contributed by atoms with E-state index in [-0.39, 0.29) is 30.0 Å². The summed E-state index contributed by atoms with van der Waals surface area (Å²) >= 11 is 0. The first kappa shape index (κ1) is 45.1. The number of benzene rings is 6. The standard InChI is InChI=1S/C55H48FN5O7/c1-5-53(36-66-52(62)65-6-2)46(67-55(41-23-15-9-16-24-41,42-25-17-10-18-26-42)43-29-33-45(64-4)34-30-43)35-47(68-53)61-37-57-48-49(58-51(56)59-50(48)61)60-54(38-19-11-7-12-20-38,39-21-13-8-14-22-39)40-27-31-44(63-3)32-28-40/h1,7-34,37,46-47H,6,35-36H2,2-4H3,(H,58,59,60)/t46-,47+,53+/m0/s1. The molecule has 9 rings (SSSR count). The average Bonchev–Trinajstić information content (AvgIpc) is 3.99. The van der Waals surface area contributed by atoms with Gasteiger partial charge in [0.2, 0.25) is 0 Å². The third-order valence-electron chi connectivity index (χ3n) is 12.3. The van der Waals surface area contributed by atoms with E-state index in [0.717, 1.165) is 33.4 Å². The number of hydrogen-bond acceptors (Lipinski definition) is 11. The molecule has 0 aliphatic carbocycles. The molecule has 13 heteroatoms. The highest BCUT2D eigenvalue weighted by atomic mass is 19.1. The number of carbonyl (C=O) groups is 1. The van der Waals surface area contributed by atoms with E-state index in [9.17, 15) is 4.79 Å². The molecule has 68 heavy (non-hydrogen) atoms. The first-order valence-corrected chi connectivity index (χ1v) is 22.1. The fourth-order valence-corrected chi connectivity index (χ4v) is 9.06. The van der Waals surface area contributed by atoms with Crippen LogP contribution in [0.5, 0.6) is 11.5 Å². The Morgan fingerprint density at radius 1 is 0.735 bits per heavy atom. The van der Waals surface area contributed by atoms with E-state index >= 15 is 4.39 Å². The zero-order valence-corrected chi connectivity index (χ0v) is 37.6. The molecule has 0 amide bonds. The first-order chi connectivity index (χ1) is 33.3. The lowest BCUT2D eigenvalue weighted by atomic mass is 9.77. The fourth-order valence-electron chi connectivity index (χ4n) is 9.06. The molecule has 0 saturated carbocycles. The molecular formula is C55H48FN5O7. The highest BCUT2D eigenvalue weighted by molar-refractivity contribution is 5.84. The largest absolute Gasteiger partial charge is 0.508 e. The lowest BCUT2D eigenvalue weighted by Crippen LogP contribution is -2.49. The first-order valence-electron chi connectivity index (χ1n) is 22.1. The smallest absolute Gasteiger partial charge is 0.497 e. The van der Waals surface area contributed by atoms with Crippen molar-refractivity contribution < 1.29 is 37.6 Å². The van der Waals surface area contributed by atoms with E-state index in [4.69, 9.17) is 39.8 Å². The van der Waals surface area contributed by atoms with Crippen LogP contribution in [-0.2, 0) is 30.1 Å². The maximum atomic E-state index is 16.2. The summed E-state index contributed by atoms with van der Waals surface area (Å²) in [6, 6.07) is 54.4. The van der Waals surface area contributed by atoms with E-state index in [1.165, 1.54) is 6.33 Å². The van der Waals surface area contributed by atoms with Crippen molar-refractivity contribution in [3.05, 3.63) is 216 Å². The zero-order valence-electron chi connectivity index (χ0n) is 37.6. The van der Waals surface area contributed by atoms with Crippen molar-refractivity contribution in [2.45, 2.75) is 42.4 Å². The molecule has 0 bridgehead atoms. The summed E-state index contributed by atoms with van der Waals surface area (Å²) < 4.78 is 54.2. The summed E-state index contributed by atoms with van der Waals surface area (Å²) in [5.41, 5.74) is 1.03. The Kier molecular flexibility index (Phi) is 12.9. The van der Waals surface area contributed by atoms with Crippen LogP contribution in [0.4, 0.5) is 15.0 Å². The summed E-state index contributed by atoms with van der Waals surface area (Å²) in [7, 11) is 3.21. The van der Waals surface area contributed by atoms with Crippen LogP contribution in [0.1, 0.15) is 53.0 Å². The summed E-state index contributed by atoms with van der Waals surface area (Å²) in [5, 5.41) is 3.66. The van der Waals surface area contributed by atoms with Crippen molar-refractivity contribution in [3.63, 3.8) is 0 Å². The van der Waals surface area contributed by atoms with Gasteiger partial charge in [-0.25, -0.2) is 9.78 Å². The second-order valence-electron chi connectivity index (χ2n) is 16.1. The number of imidazole rings is 1. The van der Waals surface area contributed by atoms with Gasteiger partial charge < -0.3 is 33.7 Å². The number of carbonyl (C=O) groups excluding carboxylic acids is 1. The SMILES string of the molecule is C#C[C@]1(COC(=O)OCC)O[C@@H](n2cnc3c(NC(c4ccccc4)(c4ccccc4)c4ccc(OC)cc4)nc(F)nc32)C[C@@H]1OC(c1ccccc1)(c1ccccc1)c1ccc(OC)cc1. The third kappa shape index (κ3) is 8.36. The average molecular weight is 910 g/mol. The highest BCUT2D eigenvalue weighted by Gasteiger charge is 2.55. The van der Waals surface area contributed by atoms with Crippen LogP contribution in [-0.4, -0.2) is 64.8 Å². The van der Waals surface area contributed by atoms with Crippen LogP contribution < -0.4 is 14.8 Å². The van der Waals surface area contributed by atoms with E-state index in [0.29, 0.717) is 11.5 Å². The lowest BCUT2D eigenvalue weighted by molar-refractivity contribution is -0.137. The van der Waals surface area contributed by atoms with Gasteiger partial charge in [0.15, 0.2) is 22.6 Å². The van der Waals surface area contributed by atoms with E-state index in [1.54, 1.807) is 25.7 Å². The Balaban J connectivity index is 1.19. The van der Waals surface area contributed by atoms with E-state index < -0.39 is 47.9 Å². The fraction of sp³-hybridized carbons (Fsp3) is 0.200. The minimum absolute atomic E-state index is 0.0671. The molecule has 342 valence electrons. The number of hydrogen-bond donors (Lipinski definition) is 1. The molecule has 0 spiro atoms. The van der Waals surface area contributed by atoms with Gasteiger partial charge in [-0.3, -0.25) is 4.57 Å². The molecule has 1 fully saturated rings. The molecule has 2 aromatic heterocycles. The van der Waals surface area contributed by atoms with Crippen molar-refractivity contribution >= 4 is 23.1 Å². The number of methoxy groups -OCH3 is 2. The van der Waals surface area contributed by atoms with Gasteiger partial charge in [-0.05, 0) is 64.6 Å². The molecule has 12 nitrogen and oxygen atoms in total. The lowest BCUT2D eigenvalue weighted by Gasteiger charge is -2.41. The number of nitrogens with zero attached hydrogens (tertiary/aromatic N) is 4. The number of anilines is 1. The minimum atomic E-state index is -1.73. The van der Waals surface area contributed by atoms with Crippen molar-refractivity contribution in [1.29, 1.82) is 0 Å². The molecule has 0 unspecified atom stereocenters. The Labute approximate surface area is 393 Å². The predicted octanol–water partition coefficient (Wildman–Crippen LogP) is 10.2. The van der Waals surface area contributed by atoms with Crippen LogP contribution in [0.2, 0.25) is 0 Å². The number of rotatable bonds is 16. The molecule has 8 aromatic rings. The van der Waals surface area contributed by atoms with Crippen molar-refractivity contribution in [2.24, 2.45) is 0 Å². The van der Waals surface area contributed by atoms with Gasteiger partial charge in [-0.15, -0.1) is 6.42 Å². The van der Waals surface area contributed by atoms with Crippen LogP contribution >= 0.6 is 0 Å². The minimum Gasteiger partial charge on any atom is -0.497 e. The highest BCUT2D eigenvalue weighted by Crippen LogP contribution is 2.49. The van der Waals surface area contributed by atoms with Gasteiger partial charge >= 0.3 is 12.2 Å². The quantitative estimate of drug-likeness (QED) is 0.0431. The number of terminal acetylenes is 1. The van der Waals surface area contributed by atoms with Gasteiger partial charge in [0.25, 0.3) is 0 Å². The summed E-state index contributed by atoms with van der Waals surface area (Å²) in [4.78, 5) is 26.4. The summed E-state index contributed by atoms with van der Waals surface area (Å²) in [6.07, 6.45) is 4.13. The van der Waals surface area contributed by atoms with Gasteiger partial charge in [-0.2, -0.15) is 14.4 Å². The summed E-state index contributed by atoms with van der Waals surface area (Å²) in [5.74, 6) is 4.25. The normalized spacial score (nSPS) is 17.0. The number of ether oxygens (including phenoxy) is 6. The molecule has 3 atom stereocenters. The molecule has 3 heterocycles. The Morgan fingerprint density at radius 2 is 1.22 bits per heavy atom. The molecule has 6 aromatic carbocycles. The maximum absolute atomic E-state index is 16.2. The molecule has 1 N–H and O–H groups in total. The number of fused-ring (bicyclic) bond motifs is 1. The molecule has 1 aliphatic heterocycles. The number of aromatic nitrogens is 4. The predicted molar refractivity (Wildman–Crippen MR) is 255 cm³/mol. The number of nitrogens with one attached hydrogen (secondary N) is 1. The maximum Gasteiger partial charge on any atom is 0.508 e. The van der Waals surface area contributed by atoms with Crippen LogP contribution in [0.15, 0.2) is 176 Å². The van der Waals surface area contributed by atoms with Crippen LogP contribution in [0.25, 0.3) is 11.2 Å². The van der Waals surface area contributed by atoms with Crippen molar-refractivity contribution in [1.82, 2.24) is 19.5 Å². The third-order valence-corrected chi connectivity index (χ3v) is 12.3. The second-order valence-corrected chi connectivity index (χ2v) is 16.1. The second kappa shape index (κ2) is 19.4. The van der Waals surface area contributed by atoms with Gasteiger partial charge in [-0.1, -0.05) is 152 Å². The van der Waals surface area contributed by atoms with Crippen LogP contribution in [0.3, 0.4) is 0 Å². The van der Waals surface area contributed by atoms with Gasteiger partial charge in [0, 0.05) is 6.42 Å². The number of halogens is 1.